The first-order valence-corrected chi connectivity index (χ1v) is 5.96. The van der Waals surface area contributed by atoms with Crippen LogP contribution in [0.4, 0.5) is 0 Å². The number of ether oxygens (including phenoxy) is 1. The molecular weight excluding hydrogens is 247 g/mol. The molecule has 1 saturated carbocycles. The van der Waals surface area contributed by atoms with E-state index in [0.29, 0.717) is 22.2 Å². The van der Waals surface area contributed by atoms with Crippen LogP contribution in [0.1, 0.15) is 20.3 Å². The van der Waals surface area contributed by atoms with Crippen LogP contribution in [-0.4, -0.2) is 17.3 Å². The minimum Gasteiger partial charge on any atom is -0.488 e. The van der Waals surface area contributed by atoms with E-state index >= 15 is 0 Å². The average molecular weight is 261 g/mol. The van der Waals surface area contributed by atoms with E-state index in [1.807, 2.05) is 13.8 Å². The van der Waals surface area contributed by atoms with Gasteiger partial charge in [0.1, 0.15) is 11.9 Å². The van der Waals surface area contributed by atoms with Crippen molar-refractivity contribution in [1.82, 2.24) is 0 Å². The molecule has 1 aliphatic rings. The molecule has 2 nitrogen and oxygen atoms in total. The number of hydrogen-bond donors (Lipinski definition) is 1. The topological polar surface area (TPSA) is 29.5 Å². The summed E-state index contributed by atoms with van der Waals surface area (Å²) >= 11 is 11.9. The minimum atomic E-state index is -0.310. The third-order valence-electron chi connectivity index (χ3n) is 3.29. The van der Waals surface area contributed by atoms with Crippen LogP contribution in [0.15, 0.2) is 18.2 Å². The Kier molecular flexibility index (Phi) is 3.08. The normalized spacial score (nSPS) is 27.3. The van der Waals surface area contributed by atoms with Gasteiger partial charge in [0.2, 0.25) is 0 Å². The van der Waals surface area contributed by atoms with E-state index in [-0.39, 0.29) is 17.6 Å². The summed E-state index contributed by atoms with van der Waals surface area (Å²) in [6.45, 7) is 3.95. The molecule has 0 aromatic heterocycles. The second kappa shape index (κ2) is 4.10. The van der Waals surface area contributed by atoms with Gasteiger partial charge < -0.3 is 9.84 Å². The van der Waals surface area contributed by atoms with Gasteiger partial charge in [-0.05, 0) is 12.1 Å². The van der Waals surface area contributed by atoms with Crippen molar-refractivity contribution in [2.75, 3.05) is 0 Å². The summed E-state index contributed by atoms with van der Waals surface area (Å²) in [5.41, 5.74) is -0.231. The Morgan fingerprint density at radius 3 is 2.62 bits per heavy atom. The van der Waals surface area contributed by atoms with Gasteiger partial charge in [-0.1, -0.05) is 37.0 Å². The SMILES string of the molecule is CC1(C)C(O)CC1Oc1cc(Cl)ccc1Cl. The molecular formula is C12H14Cl2O2. The van der Waals surface area contributed by atoms with Crippen molar-refractivity contribution >= 4 is 23.2 Å². The lowest BCUT2D eigenvalue weighted by Crippen LogP contribution is -2.56. The van der Waals surface area contributed by atoms with E-state index < -0.39 is 0 Å². The summed E-state index contributed by atoms with van der Waals surface area (Å²) in [4.78, 5) is 0. The molecule has 1 aromatic rings. The Bertz CT molecular complexity index is 404. The molecule has 88 valence electrons. The Labute approximate surface area is 105 Å². The van der Waals surface area contributed by atoms with Crippen LogP contribution < -0.4 is 4.74 Å². The number of rotatable bonds is 2. The number of hydrogen-bond acceptors (Lipinski definition) is 2. The molecule has 0 bridgehead atoms. The van der Waals surface area contributed by atoms with Gasteiger partial charge >= 0.3 is 0 Å². The molecule has 0 radical (unpaired) electrons. The highest BCUT2D eigenvalue weighted by Gasteiger charge is 2.49. The van der Waals surface area contributed by atoms with Gasteiger partial charge in [-0.25, -0.2) is 0 Å². The second-order valence-corrected chi connectivity index (χ2v) is 5.60. The quantitative estimate of drug-likeness (QED) is 0.882. The van der Waals surface area contributed by atoms with Crippen LogP contribution in [0.3, 0.4) is 0 Å². The van der Waals surface area contributed by atoms with Crippen molar-refractivity contribution in [2.24, 2.45) is 5.41 Å². The summed E-state index contributed by atoms with van der Waals surface area (Å²) < 4.78 is 5.77. The molecule has 0 saturated heterocycles. The molecule has 2 unspecified atom stereocenters. The summed E-state index contributed by atoms with van der Waals surface area (Å²) in [6, 6.07) is 5.13. The number of halogens is 2. The average Bonchev–Trinajstić information content (AvgIpc) is 2.23. The lowest BCUT2D eigenvalue weighted by atomic mass is 9.66. The van der Waals surface area contributed by atoms with Crippen molar-refractivity contribution in [3.63, 3.8) is 0 Å². The second-order valence-electron chi connectivity index (χ2n) is 4.75. The maximum absolute atomic E-state index is 9.61. The maximum Gasteiger partial charge on any atom is 0.139 e. The first kappa shape index (κ1) is 12.0. The van der Waals surface area contributed by atoms with Crippen LogP contribution in [0, 0.1) is 5.41 Å². The van der Waals surface area contributed by atoms with E-state index in [1.54, 1.807) is 18.2 Å². The molecule has 0 heterocycles. The maximum atomic E-state index is 9.61. The number of benzene rings is 1. The molecule has 0 spiro atoms. The highest BCUT2D eigenvalue weighted by atomic mass is 35.5. The summed E-state index contributed by atoms with van der Waals surface area (Å²) in [5, 5.41) is 10.7. The predicted octanol–water partition coefficient (Wildman–Crippen LogP) is 3.53. The third kappa shape index (κ3) is 2.02. The fourth-order valence-corrected chi connectivity index (χ4v) is 2.11. The summed E-state index contributed by atoms with van der Waals surface area (Å²) in [6.07, 6.45) is 0.310. The largest absolute Gasteiger partial charge is 0.488 e. The Morgan fingerprint density at radius 2 is 2.06 bits per heavy atom. The summed E-state index contributed by atoms with van der Waals surface area (Å²) in [5.74, 6) is 0.583. The molecule has 0 aliphatic heterocycles. The van der Waals surface area contributed by atoms with Gasteiger partial charge in [-0.2, -0.15) is 0 Å². The monoisotopic (exact) mass is 260 g/mol. The zero-order valence-corrected chi connectivity index (χ0v) is 10.7. The third-order valence-corrected chi connectivity index (χ3v) is 3.84. The molecule has 0 amide bonds. The van der Waals surface area contributed by atoms with Gasteiger partial charge in [-0.3, -0.25) is 0 Å². The van der Waals surface area contributed by atoms with E-state index in [9.17, 15) is 5.11 Å². The highest BCUT2D eigenvalue weighted by molar-refractivity contribution is 6.34. The zero-order valence-electron chi connectivity index (χ0n) is 9.21. The van der Waals surface area contributed by atoms with E-state index in [0.717, 1.165) is 0 Å². The Morgan fingerprint density at radius 1 is 1.38 bits per heavy atom. The molecule has 1 aromatic carbocycles. The molecule has 4 heteroatoms. The molecule has 1 fully saturated rings. The van der Waals surface area contributed by atoms with Crippen LogP contribution in [0.5, 0.6) is 5.75 Å². The van der Waals surface area contributed by atoms with E-state index in [1.165, 1.54) is 0 Å². The van der Waals surface area contributed by atoms with Gasteiger partial charge in [0.05, 0.1) is 11.1 Å². The predicted molar refractivity (Wildman–Crippen MR) is 65.3 cm³/mol. The standard InChI is InChI=1S/C12H14Cl2O2/c1-12(2)10(15)6-11(12)16-9-5-7(13)3-4-8(9)14/h3-5,10-11,15H,6H2,1-2H3. The number of aliphatic hydroxyl groups excluding tert-OH is 1. The number of aliphatic hydroxyl groups is 1. The van der Waals surface area contributed by atoms with Gasteiger partial charge in [0.25, 0.3) is 0 Å². The lowest BCUT2D eigenvalue weighted by Gasteiger charge is -2.48. The first-order valence-electron chi connectivity index (χ1n) is 5.21. The summed E-state index contributed by atoms with van der Waals surface area (Å²) in [7, 11) is 0. The fraction of sp³-hybridized carbons (Fsp3) is 0.500. The Hall–Kier alpha value is -0.440. The van der Waals surface area contributed by atoms with E-state index in [2.05, 4.69) is 0 Å². The molecule has 2 atom stereocenters. The van der Waals surface area contributed by atoms with Crippen LogP contribution in [-0.2, 0) is 0 Å². The first-order chi connectivity index (χ1) is 7.41. The van der Waals surface area contributed by atoms with Crippen molar-refractivity contribution in [3.8, 4) is 5.75 Å². The minimum absolute atomic E-state index is 0.0153. The fourth-order valence-electron chi connectivity index (χ4n) is 1.79. The van der Waals surface area contributed by atoms with Crippen LogP contribution in [0.2, 0.25) is 10.0 Å². The van der Waals surface area contributed by atoms with Crippen molar-refractivity contribution in [3.05, 3.63) is 28.2 Å². The van der Waals surface area contributed by atoms with Gasteiger partial charge in [0.15, 0.2) is 0 Å². The molecule has 16 heavy (non-hydrogen) atoms. The highest BCUT2D eigenvalue weighted by Crippen LogP contribution is 2.44. The smallest absolute Gasteiger partial charge is 0.139 e. The van der Waals surface area contributed by atoms with Crippen LogP contribution in [0.25, 0.3) is 0 Å². The molecule has 1 aliphatic carbocycles. The van der Waals surface area contributed by atoms with Gasteiger partial charge in [0, 0.05) is 22.9 Å². The Balaban J connectivity index is 2.13. The van der Waals surface area contributed by atoms with Crippen LogP contribution >= 0.6 is 23.2 Å². The lowest BCUT2D eigenvalue weighted by molar-refractivity contribution is -0.134. The zero-order chi connectivity index (χ0) is 11.9. The molecule has 2 rings (SSSR count). The van der Waals surface area contributed by atoms with Crippen molar-refractivity contribution in [1.29, 1.82) is 0 Å². The van der Waals surface area contributed by atoms with Gasteiger partial charge in [-0.15, -0.1) is 0 Å². The molecule has 1 N–H and O–H groups in total. The van der Waals surface area contributed by atoms with Crippen molar-refractivity contribution in [2.45, 2.75) is 32.5 Å². The van der Waals surface area contributed by atoms with Crippen molar-refractivity contribution < 1.29 is 9.84 Å². The van der Waals surface area contributed by atoms with E-state index in [4.69, 9.17) is 27.9 Å².